The topological polar surface area (TPSA) is 55.9 Å². The number of piperazine rings is 1. The van der Waals surface area contributed by atoms with Crippen LogP contribution < -0.4 is 5.32 Å². The van der Waals surface area contributed by atoms with Gasteiger partial charge in [0.15, 0.2) is 0 Å². The fourth-order valence-electron chi connectivity index (χ4n) is 5.08. The lowest BCUT2D eigenvalue weighted by Crippen LogP contribution is -2.52. The molecular formula is C29H40N4O2. The highest BCUT2D eigenvalue weighted by Crippen LogP contribution is 2.25. The Morgan fingerprint density at radius 1 is 0.914 bits per heavy atom. The number of rotatable bonds is 8. The highest BCUT2D eigenvalue weighted by Gasteiger charge is 2.34. The number of amides is 2. The van der Waals surface area contributed by atoms with E-state index >= 15 is 0 Å². The van der Waals surface area contributed by atoms with Gasteiger partial charge in [-0.15, -0.1) is 0 Å². The Kier molecular flexibility index (Phi) is 8.58. The summed E-state index contributed by atoms with van der Waals surface area (Å²) in [4.78, 5) is 33.0. The van der Waals surface area contributed by atoms with Gasteiger partial charge < -0.3 is 15.1 Å². The van der Waals surface area contributed by atoms with Crippen molar-refractivity contribution in [3.05, 3.63) is 70.8 Å². The van der Waals surface area contributed by atoms with Gasteiger partial charge >= 0.3 is 0 Å². The Morgan fingerprint density at radius 3 is 2.20 bits per heavy atom. The molecule has 1 unspecified atom stereocenters. The summed E-state index contributed by atoms with van der Waals surface area (Å²) >= 11 is 0. The Hall–Kier alpha value is -2.70. The van der Waals surface area contributed by atoms with Crippen molar-refractivity contribution in [2.75, 3.05) is 32.7 Å². The van der Waals surface area contributed by atoms with E-state index in [2.05, 4.69) is 58.4 Å². The largest absolute Gasteiger partial charge is 0.350 e. The predicted molar refractivity (Wildman–Crippen MR) is 140 cm³/mol. The van der Waals surface area contributed by atoms with Gasteiger partial charge in [-0.3, -0.25) is 14.5 Å². The van der Waals surface area contributed by atoms with Gasteiger partial charge in [0.1, 0.15) is 6.04 Å². The molecule has 6 heteroatoms. The summed E-state index contributed by atoms with van der Waals surface area (Å²) in [5.41, 5.74) is 4.68. The maximum absolute atomic E-state index is 13.2. The molecule has 2 aromatic carbocycles. The van der Waals surface area contributed by atoms with Gasteiger partial charge in [0, 0.05) is 58.7 Å². The second kappa shape index (κ2) is 11.8. The van der Waals surface area contributed by atoms with Crippen molar-refractivity contribution < 1.29 is 9.59 Å². The van der Waals surface area contributed by atoms with Crippen LogP contribution in [0, 0.1) is 5.92 Å². The zero-order valence-electron chi connectivity index (χ0n) is 21.5. The minimum absolute atomic E-state index is 0.0544. The van der Waals surface area contributed by atoms with Crippen LogP contribution >= 0.6 is 0 Å². The molecule has 1 atom stereocenters. The molecule has 0 aromatic heterocycles. The molecule has 1 saturated heterocycles. The number of likely N-dealkylation sites (N-methyl/N-ethyl adjacent to an activating group) is 1. The SMILES string of the molecule is CCN1CCN(Cc2ccc(CNC(=O)C3Cc4ccccc4CN3C(=O)CC(C)C)cc2)CC1. The molecule has 2 aliphatic rings. The lowest BCUT2D eigenvalue weighted by atomic mass is 9.92. The molecular weight excluding hydrogens is 436 g/mol. The molecule has 1 N–H and O–H groups in total. The second-order valence-corrected chi connectivity index (χ2v) is 10.4. The number of fused-ring (bicyclic) bond motifs is 1. The Bertz CT molecular complexity index is 996. The number of carbonyl (C=O) groups excluding carboxylic acids is 2. The number of benzene rings is 2. The van der Waals surface area contributed by atoms with E-state index in [1.165, 1.54) is 5.56 Å². The van der Waals surface area contributed by atoms with E-state index in [1.807, 2.05) is 26.0 Å². The normalized spacial score (nSPS) is 19.0. The van der Waals surface area contributed by atoms with Crippen molar-refractivity contribution in [3.8, 4) is 0 Å². The average molecular weight is 477 g/mol. The van der Waals surface area contributed by atoms with E-state index < -0.39 is 6.04 Å². The Balaban J connectivity index is 1.34. The van der Waals surface area contributed by atoms with Crippen LogP contribution in [0.4, 0.5) is 0 Å². The van der Waals surface area contributed by atoms with Gasteiger partial charge in [-0.1, -0.05) is 69.3 Å². The van der Waals surface area contributed by atoms with E-state index in [1.54, 1.807) is 4.90 Å². The third kappa shape index (κ3) is 6.71. The van der Waals surface area contributed by atoms with Gasteiger partial charge in [0.05, 0.1) is 0 Å². The fourth-order valence-corrected chi connectivity index (χ4v) is 5.08. The van der Waals surface area contributed by atoms with Crippen molar-refractivity contribution in [2.45, 2.75) is 59.3 Å². The van der Waals surface area contributed by atoms with Crippen LogP contribution in [0.5, 0.6) is 0 Å². The maximum Gasteiger partial charge on any atom is 0.243 e. The molecule has 0 spiro atoms. The highest BCUT2D eigenvalue weighted by atomic mass is 16.2. The van der Waals surface area contributed by atoms with E-state index in [9.17, 15) is 9.59 Å². The van der Waals surface area contributed by atoms with Crippen molar-refractivity contribution in [2.24, 2.45) is 5.92 Å². The molecule has 4 rings (SSSR count). The summed E-state index contributed by atoms with van der Waals surface area (Å²) in [7, 11) is 0. The first-order valence-corrected chi connectivity index (χ1v) is 13.1. The summed E-state index contributed by atoms with van der Waals surface area (Å²) in [6.45, 7) is 13.9. The first-order valence-electron chi connectivity index (χ1n) is 13.1. The monoisotopic (exact) mass is 476 g/mol. The van der Waals surface area contributed by atoms with Crippen LogP contribution in [0.15, 0.2) is 48.5 Å². The van der Waals surface area contributed by atoms with Gasteiger partial charge in [0.2, 0.25) is 11.8 Å². The summed E-state index contributed by atoms with van der Waals surface area (Å²) in [6.07, 6.45) is 1.02. The van der Waals surface area contributed by atoms with Crippen molar-refractivity contribution >= 4 is 11.8 Å². The minimum Gasteiger partial charge on any atom is -0.350 e. The van der Waals surface area contributed by atoms with E-state index in [4.69, 9.17) is 0 Å². The quantitative estimate of drug-likeness (QED) is 0.634. The number of nitrogens with zero attached hydrogens (tertiary/aromatic N) is 3. The zero-order valence-corrected chi connectivity index (χ0v) is 21.5. The van der Waals surface area contributed by atoms with Crippen molar-refractivity contribution in [1.29, 1.82) is 0 Å². The summed E-state index contributed by atoms with van der Waals surface area (Å²) in [5.74, 6) is 0.241. The van der Waals surface area contributed by atoms with Crippen molar-refractivity contribution in [3.63, 3.8) is 0 Å². The van der Waals surface area contributed by atoms with Crippen LogP contribution in [-0.4, -0.2) is 65.3 Å². The first-order chi connectivity index (χ1) is 16.9. The third-order valence-corrected chi connectivity index (χ3v) is 7.26. The van der Waals surface area contributed by atoms with E-state index in [-0.39, 0.29) is 17.7 Å². The average Bonchev–Trinajstić information content (AvgIpc) is 2.87. The van der Waals surface area contributed by atoms with Crippen LogP contribution in [0.3, 0.4) is 0 Å². The Morgan fingerprint density at radius 2 is 1.54 bits per heavy atom. The van der Waals surface area contributed by atoms with Gasteiger partial charge in [-0.2, -0.15) is 0 Å². The fraction of sp³-hybridized carbons (Fsp3) is 0.517. The lowest BCUT2D eigenvalue weighted by Gasteiger charge is -2.36. The molecule has 2 aromatic rings. The molecule has 2 aliphatic heterocycles. The molecule has 0 saturated carbocycles. The number of carbonyl (C=O) groups is 2. The molecule has 1 fully saturated rings. The minimum atomic E-state index is -0.461. The van der Waals surface area contributed by atoms with Gasteiger partial charge in [0.25, 0.3) is 0 Å². The smallest absolute Gasteiger partial charge is 0.243 e. The summed E-state index contributed by atoms with van der Waals surface area (Å²) in [5, 5.41) is 3.10. The second-order valence-electron chi connectivity index (χ2n) is 10.4. The highest BCUT2D eigenvalue weighted by molar-refractivity contribution is 5.88. The summed E-state index contributed by atoms with van der Waals surface area (Å²) < 4.78 is 0. The molecule has 2 amide bonds. The maximum atomic E-state index is 13.2. The number of hydrogen-bond acceptors (Lipinski definition) is 4. The van der Waals surface area contributed by atoms with Crippen LogP contribution in [0.25, 0.3) is 0 Å². The molecule has 6 nitrogen and oxygen atoms in total. The molecule has 2 heterocycles. The summed E-state index contributed by atoms with van der Waals surface area (Å²) in [6, 6.07) is 16.2. The molecule has 0 bridgehead atoms. The lowest BCUT2D eigenvalue weighted by molar-refractivity contribution is -0.142. The van der Waals surface area contributed by atoms with Crippen LogP contribution in [0.1, 0.15) is 49.4 Å². The van der Waals surface area contributed by atoms with E-state index in [0.717, 1.165) is 56.0 Å². The van der Waals surface area contributed by atoms with Crippen LogP contribution in [-0.2, 0) is 35.6 Å². The molecule has 0 radical (unpaired) electrons. The van der Waals surface area contributed by atoms with Gasteiger partial charge in [-0.05, 0) is 34.7 Å². The zero-order chi connectivity index (χ0) is 24.8. The first kappa shape index (κ1) is 25.4. The van der Waals surface area contributed by atoms with E-state index in [0.29, 0.717) is 25.9 Å². The number of nitrogens with one attached hydrogen (secondary N) is 1. The standard InChI is InChI=1S/C29H40N4O2/c1-4-31-13-15-32(16-14-31)20-24-11-9-23(10-12-24)19-30-29(35)27-18-25-7-5-6-8-26(25)21-33(27)28(34)17-22(2)3/h5-12,22,27H,4,13-21H2,1-3H3,(H,30,35). The molecule has 0 aliphatic carbocycles. The predicted octanol–water partition coefficient (Wildman–Crippen LogP) is 3.44. The Labute approximate surface area is 210 Å². The van der Waals surface area contributed by atoms with Crippen LogP contribution in [0.2, 0.25) is 0 Å². The molecule has 35 heavy (non-hydrogen) atoms. The van der Waals surface area contributed by atoms with Gasteiger partial charge in [-0.25, -0.2) is 0 Å². The third-order valence-electron chi connectivity index (χ3n) is 7.26. The van der Waals surface area contributed by atoms with Crippen molar-refractivity contribution in [1.82, 2.24) is 20.0 Å². The number of hydrogen-bond donors (Lipinski definition) is 1. The molecule has 188 valence electrons.